The van der Waals surface area contributed by atoms with Crippen molar-refractivity contribution in [1.82, 2.24) is 0 Å². The number of hydrogen-bond donors (Lipinski definition) is 2. The molecule has 0 radical (unpaired) electrons. The van der Waals surface area contributed by atoms with E-state index < -0.39 is 0 Å². The molecule has 2 heteroatoms. The molecule has 0 aliphatic heterocycles. The van der Waals surface area contributed by atoms with Crippen molar-refractivity contribution in [2.75, 3.05) is 6.54 Å². The second-order valence-corrected chi connectivity index (χ2v) is 3.81. The highest BCUT2D eigenvalue weighted by molar-refractivity contribution is 4.75. The van der Waals surface area contributed by atoms with E-state index in [4.69, 9.17) is 5.73 Å². The van der Waals surface area contributed by atoms with Crippen molar-refractivity contribution in [3.63, 3.8) is 0 Å². The Bertz CT molecular complexity index is 112. The summed E-state index contributed by atoms with van der Waals surface area (Å²) in [7, 11) is 0. The van der Waals surface area contributed by atoms with Gasteiger partial charge in [0.25, 0.3) is 0 Å². The quantitative estimate of drug-likeness (QED) is 0.642. The molecule has 1 saturated carbocycles. The lowest BCUT2D eigenvalue weighted by Gasteiger charge is -2.29. The standard InChI is InChI=1S/C9H19NO/c1-7(6-10)9(11)5-8-3-2-4-8/h7-9,11H,2-6,10H2,1H3. The molecule has 0 bridgehead atoms. The van der Waals surface area contributed by atoms with Gasteiger partial charge in [0.1, 0.15) is 0 Å². The lowest BCUT2D eigenvalue weighted by molar-refractivity contribution is 0.0755. The highest BCUT2D eigenvalue weighted by atomic mass is 16.3. The average molecular weight is 157 g/mol. The Morgan fingerprint density at radius 2 is 2.18 bits per heavy atom. The van der Waals surface area contributed by atoms with Crippen LogP contribution in [0.5, 0.6) is 0 Å². The van der Waals surface area contributed by atoms with E-state index in [2.05, 4.69) is 0 Å². The van der Waals surface area contributed by atoms with Crippen molar-refractivity contribution in [1.29, 1.82) is 0 Å². The highest BCUT2D eigenvalue weighted by Gasteiger charge is 2.23. The molecule has 0 aromatic rings. The van der Waals surface area contributed by atoms with Crippen LogP contribution in [0, 0.1) is 11.8 Å². The summed E-state index contributed by atoms with van der Waals surface area (Å²) in [6.07, 6.45) is 4.79. The Morgan fingerprint density at radius 1 is 1.55 bits per heavy atom. The minimum atomic E-state index is -0.162. The molecule has 1 aliphatic rings. The average Bonchev–Trinajstić information content (AvgIpc) is 1.94. The van der Waals surface area contributed by atoms with Crippen LogP contribution in [0.25, 0.3) is 0 Å². The van der Waals surface area contributed by atoms with Gasteiger partial charge < -0.3 is 10.8 Å². The fraction of sp³-hybridized carbons (Fsp3) is 1.00. The van der Waals surface area contributed by atoms with E-state index in [-0.39, 0.29) is 12.0 Å². The van der Waals surface area contributed by atoms with Crippen molar-refractivity contribution in [2.45, 2.75) is 38.7 Å². The van der Waals surface area contributed by atoms with Gasteiger partial charge in [-0.1, -0.05) is 26.2 Å². The van der Waals surface area contributed by atoms with Crippen LogP contribution < -0.4 is 5.73 Å². The fourth-order valence-corrected chi connectivity index (χ4v) is 1.46. The molecule has 0 spiro atoms. The van der Waals surface area contributed by atoms with Gasteiger partial charge in [-0.2, -0.15) is 0 Å². The number of aliphatic hydroxyl groups excluding tert-OH is 1. The summed E-state index contributed by atoms with van der Waals surface area (Å²) >= 11 is 0. The first kappa shape index (κ1) is 9.01. The van der Waals surface area contributed by atoms with Crippen molar-refractivity contribution in [2.24, 2.45) is 17.6 Å². The van der Waals surface area contributed by atoms with Crippen molar-refractivity contribution in [3.05, 3.63) is 0 Å². The molecule has 0 heterocycles. The lowest BCUT2D eigenvalue weighted by Crippen LogP contribution is -2.29. The van der Waals surface area contributed by atoms with E-state index in [9.17, 15) is 5.11 Å². The summed E-state index contributed by atoms with van der Waals surface area (Å²) in [5.41, 5.74) is 5.45. The third-order valence-electron chi connectivity index (χ3n) is 2.83. The maximum absolute atomic E-state index is 9.57. The topological polar surface area (TPSA) is 46.2 Å². The van der Waals surface area contributed by atoms with Crippen LogP contribution in [0.15, 0.2) is 0 Å². The smallest absolute Gasteiger partial charge is 0.0580 e. The van der Waals surface area contributed by atoms with E-state index in [1.165, 1.54) is 19.3 Å². The summed E-state index contributed by atoms with van der Waals surface area (Å²) in [5, 5.41) is 9.57. The molecule has 3 N–H and O–H groups in total. The van der Waals surface area contributed by atoms with E-state index in [0.717, 1.165) is 12.3 Å². The van der Waals surface area contributed by atoms with E-state index in [0.29, 0.717) is 6.54 Å². The van der Waals surface area contributed by atoms with Gasteiger partial charge in [0.15, 0.2) is 0 Å². The SMILES string of the molecule is CC(CN)C(O)CC1CCC1. The van der Waals surface area contributed by atoms with Gasteiger partial charge in [-0.05, 0) is 24.8 Å². The first-order chi connectivity index (χ1) is 5.24. The third kappa shape index (κ3) is 2.46. The van der Waals surface area contributed by atoms with Crippen LogP contribution >= 0.6 is 0 Å². The molecule has 1 rings (SSSR count). The zero-order chi connectivity index (χ0) is 8.27. The molecule has 66 valence electrons. The molecule has 0 saturated heterocycles. The first-order valence-corrected chi connectivity index (χ1v) is 4.62. The third-order valence-corrected chi connectivity index (χ3v) is 2.83. The van der Waals surface area contributed by atoms with E-state index >= 15 is 0 Å². The number of hydrogen-bond acceptors (Lipinski definition) is 2. The van der Waals surface area contributed by atoms with E-state index in [1.807, 2.05) is 6.92 Å². The van der Waals surface area contributed by atoms with Gasteiger partial charge in [-0.3, -0.25) is 0 Å². The predicted molar refractivity (Wildman–Crippen MR) is 46.2 cm³/mol. The normalized spacial score (nSPS) is 24.3. The van der Waals surface area contributed by atoms with Gasteiger partial charge in [-0.15, -0.1) is 0 Å². The van der Waals surface area contributed by atoms with Crippen LogP contribution in [0.1, 0.15) is 32.6 Å². The Balaban J connectivity index is 2.13. The summed E-state index contributed by atoms with van der Waals surface area (Å²) in [5.74, 6) is 1.06. The highest BCUT2D eigenvalue weighted by Crippen LogP contribution is 2.31. The van der Waals surface area contributed by atoms with Crippen LogP contribution in [0.2, 0.25) is 0 Å². The lowest BCUT2D eigenvalue weighted by atomic mass is 9.79. The number of rotatable bonds is 4. The molecule has 1 aliphatic carbocycles. The maximum Gasteiger partial charge on any atom is 0.0580 e. The van der Waals surface area contributed by atoms with E-state index in [1.54, 1.807) is 0 Å². The number of nitrogens with two attached hydrogens (primary N) is 1. The Hall–Kier alpha value is -0.0800. The minimum absolute atomic E-state index is 0.162. The van der Waals surface area contributed by atoms with Crippen molar-refractivity contribution in [3.8, 4) is 0 Å². The molecule has 0 amide bonds. The zero-order valence-electron chi connectivity index (χ0n) is 7.29. The molecule has 2 unspecified atom stereocenters. The van der Waals surface area contributed by atoms with Crippen LogP contribution in [-0.2, 0) is 0 Å². The second-order valence-electron chi connectivity index (χ2n) is 3.81. The number of aliphatic hydroxyl groups is 1. The molecule has 0 aromatic carbocycles. The van der Waals surface area contributed by atoms with Crippen LogP contribution in [0.4, 0.5) is 0 Å². The minimum Gasteiger partial charge on any atom is -0.393 e. The molecule has 11 heavy (non-hydrogen) atoms. The van der Waals surface area contributed by atoms with Crippen LogP contribution in [0.3, 0.4) is 0 Å². The van der Waals surface area contributed by atoms with Crippen LogP contribution in [-0.4, -0.2) is 17.8 Å². The predicted octanol–water partition coefficient (Wildman–Crippen LogP) is 1.13. The molecule has 0 aromatic heterocycles. The first-order valence-electron chi connectivity index (χ1n) is 4.62. The Kier molecular flexibility index (Phi) is 3.34. The summed E-state index contributed by atoms with van der Waals surface area (Å²) in [6, 6.07) is 0. The largest absolute Gasteiger partial charge is 0.393 e. The fourth-order valence-electron chi connectivity index (χ4n) is 1.46. The van der Waals surface area contributed by atoms with Crippen molar-refractivity contribution >= 4 is 0 Å². The Labute approximate surface area is 68.8 Å². The molecular weight excluding hydrogens is 138 g/mol. The summed E-state index contributed by atoms with van der Waals surface area (Å²) in [4.78, 5) is 0. The second kappa shape index (κ2) is 4.07. The van der Waals surface area contributed by atoms with Gasteiger partial charge in [0, 0.05) is 0 Å². The van der Waals surface area contributed by atoms with Crippen molar-refractivity contribution < 1.29 is 5.11 Å². The Morgan fingerprint density at radius 3 is 2.55 bits per heavy atom. The molecule has 2 nitrogen and oxygen atoms in total. The molecular formula is C9H19NO. The molecule has 2 atom stereocenters. The summed E-state index contributed by atoms with van der Waals surface area (Å²) in [6.45, 7) is 2.62. The molecule has 1 fully saturated rings. The zero-order valence-corrected chi connectivity index (χ0v) is 7.29. The van der Waals surface area contributed by atoms with Gasteiger partial charge in [-0.25, -0.2) is 0 Å². The van der Waals surface area contributed by atoms with Gasteiger partial charge in [0.05, 0.1) is 6.10 Å². The summed E-state index contributed by atoms with van der Waals surface area (Å²) < 4.78 is 0. The monoisotopic (exact) mass is 157 g/mol. The maximum atomic E-state index is 9.57. The van der Waals surface area contributed by atoms with Gasteiger partial charge in [0.2, 0.25) is 0 Å². The van der Waals surface area contributed by atoms with Gasteiger partial charge >= 0.3 is 0 Å².